The van der Waals surface area contributed by atoms with E-state index in [2.05, 4.69) is 20.9 Å². The number of rotatable bonds is 8. The number of benzene rings is 2. The molecule has 5 rings (SSSR count). The van der Waals surface area contributed by atoms with Crippen molar-refractivity contribution in [2.24, 2.45) is 0 Å². The van der Waals surface area contributed by atoms with Crippen molar-refractivity contribution in [1.82, 2.24) is 30.5 Å². The third kappa shape index (κ3) is 6.96. The normalized spacial score (nSPS) is 17.0. The minimum absolute atomic E-state index is 0.0441. The molecule has 1 fully saturated rings. The summed E-state index contributed by atoms with van der Waals surface area (Å²) in [5, 5.41) is 20.6. The van der Waals surface area contributed by atoms with Gasteiger partial charge in [0.15, 0.2) is 5.69 Å². The molecule has 3 aromatic rings. The van der Waals surface area contributed by atoms with Crippen LogP contribution in [0.4, 0.5) is 18.9 Å². The highest BCUT2D eigenvalue weighted by molar-refractivity contribution is 6.31. The number of halogens is 4. The fourth-order valence-corrected chi connectivity index (χ4v) is 5.04. The molecule has 2 aliphatic rings. The first kappa shape index (κ1) is 31.2. The SMILES string of the molecule is CN/C=C1/C=C(NC(=O)C(Cc2ccccc2)N2CC(=O)N(c3cc(Cl)ccc3-n3cc(C(F)(F)F)nn3)CC2=O)C=CC1=N. The Kier molecular flexibility index (Phi) is 8.86. The number of allylic oxidation sites excluding steroid dienone is 4. The summed E-state index contributed by atoms with van der Waals surface area (Å²) in [4.78, 5) is 43.3. The van der Waals surface area contributed by atoms with Gasteiger partial charge in [0.25, 0.3) is 0 Å². The van der Waals surface area contributed by atoms with Crippen molar-refractivity contribution in [1.29, 1.82) is 5.41 Å². The molecule has 1 aliphatic carbocycles. The summed E-state index contributed by atoms with van der Waals surface area (Å²) in [5.74, 6) is -1.71. The molecule has 1 saturated heterocycles. The van der Waals surface area contributed by atoms with Crippen molar-refractivity contribution in [3.8, 4) is 5.69 Å². The van der Waals surface area contributed by atoms with Crippen molar-refractivity contribution in [3.05, 3.63) is 107 Å². The number of piperazine rings is 1. The molecule has 0 bridgehead atoms. The standard InChI is InChI=1S/C30H26ClF3N8O3/c1-36-14-19-12-21(8-9-22(19)35)37-29(45)25(11-18-5-3-2-4-6-18)41-17-27(43)40(16-28(41)44)24-13-20(31)7-10-23(24)42-15-26(38-39-42)30(32,33)34/h2-10,12-15,25,35-36H,11,16-17H2,1H3,(H,37,45)/b19-14-,35-22?. The number of anilines is 1. The molecule has 11 nitrogen and oxygen atoms in total. The number of nitrogens with zero attached hydrogens (tertiary/aromatic N) is 5. The highest BCUT2D eigenvalue weighted by Gasteiger charge is 2.40. The lowest BCUT2D eigenvalue weighted by Crippen LogP contribution is -2.60. The van der Waals surface area contributed by atoms with Gasteiger partial charge in [-0.05, 0) is 42.0 Å². The van der Waals surface area contributed by atoms with Crippen LogP contribution in [-0.2, 0) is 27.0 Å². The first-order valence-corrected chi connectivity index (χ1v) is 13.9. The quantitative estimate of drug-likeness (QED) is 0.346. The zero-order chi connectivity index (χ0) is 32.3. The van der Waals surface area contributed by atoms with Gasteiger partial charge < -0.3 is 20.9 Å². The summed E-state index contributed by atoms with van der Waals surface area (Å²) >= 11 is 6.18. The lowest BCUT2D eigenvalue weighted by atomic mass is 10.0. The van der Waals surface area contributed by atoms with Gasteiger partial charge in [0.2, 0.25) is 17.7 Å². The zero-order valence-corrected chi connectivity index (χ0v) is 24.4. The number of aromatic nitrogens is 3. The molecule has 1 atom stereocenters. The van der Waals surface area contributed by atoms with Gasteiger partial charge in [-0.15, -0.1) is 5.10 Å². The van der Waals surface area contributed by atoms with Crippen molar-refractivity contribution >= 4 is 40.7 Å². The summed E-state index contributed by atoms with van der Waals surface area (Å²) in [6.45, 7) is -1.01. The molecule has 0 saturated carbocycles. The maximum atomic E-state index is 13.7. The van der Waals surface area contributed by atoms with Crippen molar-refractivity contribution in [2.75, 3.05) is 25.0 Å². The van der Waals surface area contributed by atoms with Crippen LogP contribution in [-0.4, -0.2) is 69.5 Å². The average molecular weight is 639 g/mol. The third-order valence-corrected chi connectivity index (χ3v) is 7.28. The van der Waals surface area contributed by atoms with Gasteiger partial charge in [0.05, 0.1) is 23.3 Å². The zero-order valence-electron chi connectivity index (χ0n) is 23.7. The smallest absolute Gasteiger partial charge is 0.393 e. The minimum Gasteiger partial charge on any atom is -0.393 e. The Morgan fingerprint density at radius 3 is 2.53 bits per heavy atom. The van der Waals surface area contributed by atoms with Crippen LogP contribution in [0.25, 0.3) is 5.69 Å². The van der Waals surface area contributed by atoms with Crippen LogP contribution in [0.15, 0.2) is 90.4 Å². The van der Waals surface area contributed by atoms with E-state index in [1.165, 1.54) is 29.2 Å². The number of amides is 3. The third-order valence-electron chi connectivity index (χ3n) is 7.05. The second-order valence-corrected chi connectivity index (χ2v) is 10.5. The summed E-state index contributed by atoms with van der Waals surface area (Å²) < 4.78 is 40.5. The average Bonchev–Trinajstić information content (AvgIpc) is 3.50. The van der Waals surface area contributed by atoms with Crippen molar-refractivity contribution < 1.29 is 27.6 Å². The van der Waals surface area contributed by atoms with Gasteiger partial charge in [-0.1, -0.05) is 47.1 Å². The molecule has 3 N–H and O–H groups in total. The summed E-state index contributed by atoms with van der Waals surface area (Å²) in [6.07, 6.45) is 2.32. The van der Waals surface area contributed by atoms with E-state index in [9.17, 15) is 27.6 Å². The number of hydrogen-bond acceptors (Lipinski definition) is 7. The molecule has 2 heterocycles. The molecule has 1 aromatic heterocycles. The van der Waals surface area contributed by atoms with E-state index in [4.69, 9.17) is 17.0 Å². The molecule has 0 spiro atoms. The monoisotopic (exact) mass is 638 g/mol. The Balaban J connectivity index is 1.43. The highest BCUT2D eigenvalue weighted by atomic mass is 35.5. The van der Waals surface area contributed by atoms with Gasteiger partial charge >= 0.3 is 6.18 Å². The van der Waals surface area contributed by atoms with E-state index in [0.29, 0.717) is 17.5 Å². The first-order valence-electron chi connectivity index (χ1n) is 13.5. The van der Waals surface area contributed by atoms with E-state index < -0.39 is 48.7 Å². The van der Waals surface area contributed by atoms with E-state index >= 15 is 0 Å². The van der Waals surface area contributed by atoms with Crippen molar-refractivity contribution in [2.45, 2.75) is 18.6 Å². The molecule has 3 amide bonds. The summed E-state index contributed by atoms with van der Waals surface area (Å²) in [7, 11) is 1.68. The lowest BCUT2D eigenvalue weighted by Gasteiger charge is -2.38. The molecule has 45 heavy (non-hydrogen) atoms. The van der Waals surface area contributed by atoms with Crippen LogP contribution in [0.1, 0.15) is 11.3 Å². The molecule has 15 heteroatoms. The van der Waals surface area contributed by atoms with Crippen LogP contribution in [0.2, 0.25) is 5.02 Å². The first-order chi connectivity index (χ1) is 21.4. The molecule has 2 aromatic carbocycles. The Morgan fingerprint density at radius 2 is 1.84 bits per heavy atom. The van der Waals surface area contributed by atoms with Crippen LogP contribution < -0.4 is 15.5 Å². The summed E-state index contributed by atoms with van der Waals surface area (Å²) in [6, 6.07) is 12.0. The topological polar surface area (TPSA) is 136 Å². The van der Waals surface area contributed by atoms with Gasteiger partial charge in [0, 0.05) is 36.0 Å². The van der Waals surface area contributed by atoms with Crippen LogP contribution in [0, 0.1) is 5.41 Å². The lowest BCUT2D eigenvalue weighted by molar-refractivity contribution is -0.145. The molecule has 1 aliphatic heterocycles. The second-order valence-electron chi connectivity index (χ2n) is 10.1. The van der Waals surface area contributed by atoms with Crippen LogP contribution in [0.5, 0.6) is 0 Å². The van der Waals surface area contributed by atoms with E-state index in [-0.39, 0.29) is 28.5 Å². The predicted octanol–water partition coefficient (Wildman–Crippen LogP) is 3.42. The Bertz CT molecular complexity index is 1750. The molecular weight excluding hydrogens is 613 g/mol. The largest absolute Gasteiger partial charge is 0.436 e. The van der Waals surface area contributed by atoms with Crippen LogP contribution >= 0.6 is 11.6 Å². The number of alkyl halides is 3. The fourth-order valence-electron chi connectivity index (χ4n) is 4.88. The Labute approximate surface area is 260 Å². The minimum atomic E-state index is -4.74. The molecule has 0 radical (unpaired) electrons. The van der Waals surface area contributed by atoms with E-state index in [1.807, 2.05) is 6.07 Å². The highest BCUT2D eigenvalue weighted by Crippen LogP contribution is 2.32. The fraction of sp³-hybridized carbons (Fsp3) is 0.200. The van der Waals surface area contributed by atoms with Crippen molar-refractivity contribution in [3.63, 3.8) is 0 Å². The second kappa shape index (κ2) is 12.8. The number of carbonyl (C=O) groups excluding carboxylic acids is 3. The van der Waals surface area contributed by atoms with Gasteiger partial charge in [0.1, 0.15) is 19.1 Å². The predicted molar refractivity (Wildman–Crippen MR) is 160 cm³/mol. The Morgan fingerprint density at radius 1 is 1.09 bits per heavy atom. The maximum absolute atomic E-state index is 13.7. The number of hydrogen-bond donors (Lipinski definition) is 3. The number of nitrogens with one attached hydrogen (secondary N) is 3. The van der Waals surface area contributed by atoms with Gasteiger partial charge in [-0.25, -0.2) is 4.68 Å². The summed E-state index contributed by atoms with van der Waals surface area (Å²) in [5.41, 5.74) is 0.758. The van der Waals surface area contributed by atoms with Gasteiger partial charge in [-0.3, -0.25) is 19.3 Å². The number of carbonyl (C=O) groups is 3. The van der Waals surface area contributed by atoms with Gasteiger partial charge in [-0.2, -0.15) is 13.2 Å². The molecule has 232 valence electrons. The maximum Gasteiger partial charge on any atom is 0.436 e. The van der Waals surface area contributed by atoms with E-state index in [0.717, 1.165) is 15.1 Å². The van der Waals surface area contributed by atoms with E-state index in [1.54, 1.807) is 49.7 Å². The van der Waals surface area contributed by atoms with Crippen LogP contribution in [0.3, 0.4) is 0 Å². The Hall–Kier alpha value is -5.24. The molecular formula is C30H26ClF3N8O3. The molecule has 1 unspecified atom stereocenters.